The zero-order valence-electron chi connectivity index (χ0n) is 16.3. The summed E-state index contributed by atoms with van der Waals surface area (Å²) in [5, 5.41) is 2.81. The van der Waals surface area contributed by atoms with E-state index in [1.165, 1.54) is 24.1 Å². The monoisotopic (exact) mass is 372 g/mol. The average molecular weight is 372 g/mol. The van der Waals surface area contributed by atoms with Gasteiger partial charge in [-0.3, -0.25) is 9.59 Å². The van der Waals surface area contributed by atoms with Gasteiger partial charge in [-0.1, -0.05) is 32.9 Å². The fourth-order valence-electron chi connectivity index (χ4n) is 2.42. The first-order chi connectivity index (χ1) is 12.6. The van der Waals surface area contributed by atoms with Crippen molar-refractivity contribution in [2.75, 3.05) is 19.5 Å². The van der Waals surface area contributed by atoms with E-state index >= 15 is 0 Å². The van der Waals surface area contributed by atoms with Gasteiger partial charge in [0.1, 0.15) is 0 Å². The number of rotatable bonds is 5. The van der Waals surface area contributed by atoms with Crippen LogP contribution in [0.2, 0.25) is 0 Å². The Balaban J connectivity index is 2.11. The zero-order valence-corrected chi connectivity index (χ0v) is 16.3. The van der Waals surface area contributed by atoms with E-state index < -0.39 is 11.2 Å². The van der Waals surface area contributed by atoms with E-state index in [0.717, 1.165) is 0 Å². The summed E-state index contributed by atoms with van der Waals surface area (Å²) in [7, 11) is 3.05. The van der Waals surface area contributed by atoms with Crippen LogP contribution in [0.5, 0.6) is 5.75 Å². The van der Waals surface area contributed by atoms with Gasteiger partial charge in [0.15, 0.2) is 11.6 Å². The number of carbonyl (C=O) groups is 2. The molecule has 5 nitrogen and oxygen atoms in total. The molecule has 6 heteroatoms. The predicted molar refractivity (Wildman–Crippen MR) is 103 cm³/mol. The topological polar surface area (TPSA) is 58.6 Å². The molecule has 2 amide bonds. The highest BCUT2D eigenvalue weighted by molar-refractivity contribution is 5.98. The third-order valence-electron chi connectivity index (χ3n) is 4.03. The number of nitrogens with one attached hydrogen (secondary N) is 1. The summed E-state index contributed by atoms with van der Waals surface area (Å²) in [4.78, 5) is 26.3. The Hall–Kier alpha value is -2.89. The molecule has 27 heavy (non-hydrogen) atoms. The van der Waals surface area contributed by atoms with Crippen molar-refractivity contribution in [1.29, 1.82) is 0 Å². The second-order valence-electron chi connectivity index (χ2n) is 7.42. The molecule has 0 aliphatic carbocycles. The van der Waals surface area contributed by atoms with Gasteiger partial charge in [0, 0.05) is 30.3 Å². The summed E-state index contributed by atoms with van der Waals surface area (Å²) in [6.07, 6.45) is 0. The normalized spacial score (nSPS) is 11.0. The van der Waals surface area contributed by atoms with Crippen LogP contribution in [0.25, 0.3) is 0 Å². The first-order valence-corrected chi connectivity index (χ1v) is 8.61. The number of anilines is 1. The summed E-state index contributed by atoms with van der Waals surface area (Å²) in [6.45, 7) is 5.70. The highest BCUT2D eigenvalue weighted by Gasteiger charge is 2.21. The van der Waals surface area contributed by atoms with E-state index in [0.29, 0.717) is 16.8 Å². The second kappa shape index (κ2) is 8.20. The lowest BCUT2D eigenvalue weighted by Crippen LogP contribution is -2.28. The van der Waals surface area contributed by atoms with Crippen molar-refractivity contribution in [3.05, 3.63) is 59.4 Å². The molecule has 0 fully saturated rings. The van der Waals surface area contributed by atoms with Gasteiger partial charge in [-0.2, -0.15) is 0 Å². The standard InChI is InChI=1S/C21H25FN2O3/c1-21(2,3)20(26)23-16-8-6-7-15(12-16)19(25)24(4)13-14-9-10-18(27-5)17(22)11-14/h6-12H,13H2,1-5H3,(H,23,26). The molecule has 0 atom stereocenters. The molecule has 1 N–H and O–H groups in total. The maximum absolute atomic E-state index is 13.8. The summed E-state index contributed by atoms with van der Waals surface area (Å²) >= 11 is 0. The fraction of sp³-hybridized carbons (Fsp3) is 0.333. The Labute approximate surface area is 159 Å². The lowest BCUT2D eigenvalue weighted by molar-refractivity contribution is -0.123. The first-order valence-electron chi connectivity index (χ1n) is 8.61. The maximum Gasteiger partial charge on any atom is 0.253 e. The van der Waals surface area contributed by atoms with Crippen molar-refractivity contribution in [1.82, 2.24) is 4.90 Å². The van der Waals surface area contributed by atoms with Crippen LogP contribution in [0.4, 0.5) is 10.1 Å². The van der Waals surface area contributed by atoms with Crippen LogP contribution in [0.15, 0.2) is 42.5 Å². The van der Waals surface area contributed by atoms with E-state index in [4.69, 9.17) is 4.74 Å². The number of benzene rings is 2. The molecule has 0 heterocycles. The molecule has 0 saturated heterocycles. The minimum atomic E-state index is -0.532. The molecule has 0 aromatic heterocycles. The fourth-order valence-corrected chi connectivity index (χ4v) is 2.42. The lowest BCUT2D eigenvalue weighted by atomic mass is 9.95. The Bertz CT molecular complexity index is 844. The molecule has 0 radical (unpaired) electrons. The van der Waals surface area contributed by atoms with Crippen LogP contribution in [0, 0.1) is 11.2 Å². The number of halogens is 1. The summed E-state index contributed by atoms with van der Waals surface area (Å²) < 4.78 is 18.7. The quantitative estimate of drug-likeness (QED) is 0.860. The Morgan fingerprint density at radius 1 is 1.15 bits per heavy atom. The molecule has 0 unspecified atom stereocenters. The zero-order chi connectivity index (χ0) is 20.2. The first kappa shape index (κ1) is 20.4. The van der Waals surface area contributed by atoms with Gasteiger partial charge in [-0.15, -0.1) is 0 Å². The number of amides is 2. The van der Waals surface area contributed by atoms with Gasteiger partial charge < -0.3 is 15.0 Å². The Kier molecular flexibility index (Phi) is 6.20. The number of hydrogen-bond donors (Lipinski definition) is 1. The van der Waals surface area contributed by atoms with Crippen molar-refractivity contribution in [3.63, 3.8) is 0 Å². The van der Waals surface area contributed by atoms with Gasteiger partial charge in [0.05, 0.1) is 7.11 Å². The van der Waals surface area contributed by atoms with Gasteiger partial charge in [-0.05, 0) is 35.9 Å². The predicted octanol–water partition coefficient (Wildman–Crippen LogP) is 4.09. The average Bonchev–Trinajstić information content (AvgIpc) is 2.60. The summed E-state index contributed by atoms with van der Waals surface area (Å²) in [5.74, 6) is -0.662. The Morgan fingerprint density at radius 2 is 1.85 bits per heavy atom. The minimum Gasteiger partial charge on any atom is -0.494 e. The van der Waals surface area contributed by atoms with Crippen LogP contribution < -0.4 is 10.1 Å². The number of hydrogen-bond acceptors (Lipinski definition) is 3. The lowest BCUT2D eigenvalue weighted by Gasteiger charge is -2.20. The van der Waals surface area contributed by atoms with E-state index in [1.807, 2.05) is 20.8 Å². The van der Waals surface area contributed by atoms with Crippen LogP contribution in [-0.2, 0) is 11.3 Å². The van der Waals surface area contributed by atoms with Crippen LogP contribution >= 0.6 is 0 Å². The van der Waals surface area contributed by atoms with Crippen LogP contribution in [0.1, 0.15) is 36.7 Å². The van der Waals surface area contributed by atoms with Gasteiger partial charge in [0.25, 0.3) is 5.91 Å². The number of ether oxygens (including phenoxy) is 1. The molecule has 2 aromatic carbocycles. The maximum atomic E-state index is 13.8. The largest absolute Gasteiger partial charge is 0.494 e. The number of carbonyl (C=O) groups excluding carboxylic acids is 2. The summed E-state index contributed by atoms with van der Waals surface area (Å²) in [5.41, 5.74) is 1.12. The van der Waals surface area contributed by atoms with Crippen molar-refractivity contribution in [3.8, 4) is 5.75 Å². The molecule has 0 saturated carbocycles. The minimum absolute atomic E-state index is 0.130. The molecule has 2 rings (SSSR count). The number of nitrogens with zero attached hydrogens (tertiary/aromatic N) is 1. The highest BCUT2D eigenvalue weighted by Crippen LogP contribution is 2.21. The van der Waals surface area contributed by atoms with Crippen LogP contribution in [0.3, 0.4) is 0 Å². The molecule has 2 aromatic rings. The molecular formula is C21H25FN2O3. The van der Waals surface area contributed by atoms with Crippen molar-refractivity contribution < 1.29 is 18.7 Å². The number of methoxy groups -OCH3 is 1. The molecule has 0 aliphatic heterocycles. The van der Waals surface area contributed by atoms with Crippen molar-refractivity contribution in [2.45, 2.75) is 27.3 Å². The van der Waals surface area contributed by atoms with Crippen molar-refractivity contribution >= 4 is 17.5 Å². The molecule has 0 bridgehead atoms. The van der Waals surface area contributed by atoms with Gasteiger partial charge in [0.2, 0.25) is 5.91 Å². The van der Waals surface area contributed by atoms with Gasteiger partial charge >= 0.3 is 0 Å². The van der Waals surface area contributed by atoms with E-state index in [2.05, 4.69) is 5.32 Å². The van der Waals surface area contributed by atoms with Crippen molar-refractivity contribution in [2.24, 2.45) is 5.41 Å². The van der Waals surface area contributed by atoms with E-state index in [9.17, 15) is 14.0 Å². The molecular weight excluding hydrogens is 347 g/mol. The third kappa shape index (κ3) is 5.29. The third-order valence-corrected chi connectivity index (χ3v) is 4.03. The molecule has 144 valence electrons. The smallest absolute Gasteiger partial charge is 0.253 e. The van der Waals surface area contributed by atoms with Gasteiger partial charge in [-0.25, -0.2) is 4.39 Å². The SMILES string of the molecule is COc1ccc(CN(C)C(=O)c2cccc(NC(=O)C(C)(C)C)c2)cc1F. The van der Waals surface area contributed by atoms with E-state index in [-0.39, 0.29) is 24.1 Å². The second-order valence-corrected chi connectivity index (χ2v) is 7.42. The highest BCUT2D eigenvalue weighted by atomic mass is 19.1. The summed E-state index contributed by atoms with van der Waals surface area (Å²) in [6, 6.07) is 11.4. The van der Waals surface area contributed by atoms with E-state index in [1.54, 1.807) is 37.4 Å². The molecule has 0 spiro atoms. The molecule has 0 aliphatic rings. The van der Waals surface area contributed by atoms with Crippen LogP contribution in [-0.4, -0.2) is 30.9 Å². The Morgan fingerprint density at radius 3 is 2.44 bits per heavy atom.